The van der Waals surface area contributed by atoms with Crippen molar-refractivity contribution in [3.63, 3.8) is 0 Å². The summed E-state index contributed by atoms with van der Waals surface area (Å²) in [5, 5.41) is 6.14. The van der Waals surface area contributed by atoms with Crippen molar-refractivity contribution in [2.24, 2.45) is 0 Å². The Kier molecular flexibility index (Phi) is 5.76. The minimum Gasteiger partial charge on any atom is -0.473 e. The number of hydrogen-bond donors (Lipinski definition) is 2. The molecule has 1 aliphatic heterocycles. The lowest BCUT2D eigenvalue weighted by atomic mass is 10.4. The van der Waals surface area contributed by atoms with Crippen LogP contribution in [0.25, 0.3) is 0 Å². The molecule has 0 bridgehead atoms. The fourth-order valence-electron chi connectivity index (χ4n) is 0.510. The fourth-order valence-corrected chi connectivity index (χ4v) is 0.510. The average Bonchev–Trinajstić information content (AvgIpc) is 2.11. The van der Waals surface area contributed by atoms with Crippen molar-refractivity contribution in [3.8, 4) is 0 Å². The van der Waals surface area contributed by atoms with Gasteiger partial charge in [0.05, 0.1) is 0 Å². The number of ether oxygens (including phenoxy) is 1. The van der Waals surface area contributed by atoms with Crippen LogP contribution in [0.3, 0.4) is 0 Å². The van der Waals surface area contributed by atoms with E-state index in [1.54, 1.807) is 0 Å². The summed E-state index contributed by atoms with van der Waals surface area (Å²) in [6.07, 6.45) is 2.56. The zero-order valence-corrected chi connectivity index (χ0v) is 5.93. The second-order valence-corrected chi connectivity index (χ2v) is 1.98. The van der Waals surface area contributed by atoms with Gasteiger partial charge < -0.3 is 9.84 Å². The molecule has 0 radical (unpaired) electrons. The Balaban J connectivity index is 0.000000148. The Morgan fingerprint density at radius 1 is 1.44 bits per heavy atom. The molecule has 9 heavy (non-hydrogen) atoms. The highest BCUT2D eigenvalue weighted by Crippen LogP contribution is 1.98. The predicted molar refractivity (Wildman–Crippen MR) is 37.1 cm³/mol. The fraction of sp³-hybridized carbons (Fsp3) is 0.800. The van der Waals surface area contributed by atoms with Gasteiger partial charge in [0.15, 0.2) is 0 Å². The van der Waals surface area contributed by atoms with Crippen LogP contribution >= 0.6 is 12.6 Å². The Morgan fingerprint density at radius 3 is 1.89 bits per heavy atom. The maximum absolute atomic E-state index is 8.86. The highest BCUT2D eigenvalue weighted by Gasteiger charge is 1.94. The Bertz CT molecular complexity index is 68.7. The molecule has 0 aliphatic carbocycles. The van der Waals surface area contributed by atoms with Crippen LogP contribution in [0.15, 0.2) is 0 Å². The minimum absolute atomic E-state index is 1.00. The summed E-state index contributed by atoms with van der Waals surface area (Å²) >= 11 is 2.88. The Labute approximate surface area is 59.4 Å². The summed E-state index contributed by atoms with van der Waals surface area (Å²) in [5.74, 6) is 0. The van der Waals surface area contributed by atoms with E-state index in [4.69, 9.17) is 14.6 Å². The zero-order chi connectivity index (χ0) is 7.11. The molecular weight excluding hydrogens is 140 g/mol. The first-order valence-corrected chi connectivity index (χ1v) is 3.18. The first kappa shape index (κ1) is 8.78. The molecule has 0 spiro atoms. The molecule has 0 unspecified atom stereocenters. The van der Waals surface area contributed by atoms with Crippen molar-refractivity contribution in [3.05, 3.63) is 0 Å². The van der Waals surface area contributed by atoms with Crippen LogP contribution in [0.1, 0.15) is 12.8 Å². The van der Waals surface area contributed by atoms with E-state index in [1.807, 2.05) is 0 Å². The van der Waals surface area contributed by atoms with Crippen molar-refractivity contribution in [1.29, 1.82) is 0 Å². The normalized spacial score (nSPS) is 16.1. The van der Waals surface area contributed by atoms with Crippen LogP contribution in [-0.2, 0) is 4.74 Å². The largest absolute Gasteiger partial charge is 0.473 e. The van der Waals surface area contributed by atoms with Gasteiger partial charge in [-0.3, -0.25) is 0 Å². The standard InChI is InChI=1S/C4H8O.CH2O2S/c1-2-4-5-3-1;2-1(3)4/h1-4H2;4H,(H,2,3). The molecule has 0 aromatic rings. The quantitative estimate of drug-likeness (QED) is 0.513. The van der Waals surface area contributed by atoms with Gasteiger partial charge in [-0.25, -0.2) is 4.79 Å². The lowest BCUT2D eigenvalue weighted by Crippen LogP contribution is -1.74. The SMILES string of the molecule is C1CCOC1.O=C(O)S. The molecule has 1 heterocycles. The molecule has 3 nitrogen and oxygen atoms in total. The Morgan fingerprint density at radius 2 is 1.78 bits per heavy atom. The summed E-state index contributed by atoms with van der Waals surface area (Å²) in [4.78, 5) is 8.86. The lowest BCUT2D eigenvalue weighted by Gasteiger charge is -1.76. The van der Waals surface area contributed by atoms with Crippen LogP contribution < -0.4 is 0 Å². The molecule has 0 amide bonds. The van der Waals surface area contributed by atoms with Crippen LogP contribution in [0, 0.1) is 0 Å². The molecular formula is C5H10O3S. The molecule has 4 heteroatoms. The van der Waals surface area contributed by atoms with Gasteiger partial charge in [0.1, 0.15) is 0 Å². The van der Waals surface area contributed by atoms with E-state index in [0.29, 0.717) is 0 Å². The molecule has 1 N–H and O–H groups in total. The number of carboxylic acid groups (broad SMARTS) is 1. The minimum atomic E-state index is -1.14. The predicted octanol–water partition coefficient (Wildman–Crippen LogP) is 1.39. The van der Waals surface area contributed by atoms with Gasteiger partial charge >= 0.3 is 5.30 Å². The molecule has 1 rings (SSSR count). The third-order valence-corrected chi connectivity index (χ3v) is 0.827. The van der Waals surface area contributed by atoms with E-state index < -0.39 is 5.30 Å². The smallest absolute Gasteiger partial charge is 0.361 e. The van der Waals surface area contributed by atoms with Gasteiger partial charge in [-0.1, -0.05) is 12.6 Å². The highest BCUT2D eigenvalue weighted by molar-refractivity contribution is 7.96. The molecule has 0 saturated carbocycles. The molecule has 1 saturated heterocycles. The van der Waals surface area contributed by atoms with Crippen molar-refractivity contribution >= 4 is 17.9 Å². The van der Waals surface area contributed by atoms with Gasteiger partial charge in [-0.2, -0.15) is 0 Å². The van der Waals surface area contributed by atoms with Gasteiger partial charge in [0.2, 0.25) is 0 Å². The van der Waals surface area contributed by atoms with E-state index in [0.717, 1.165) is 13.2 Å². The van der Waals surface area contributed by atoms with Crippen molar-refractivity contribution in [1.82, 2.24) is 0 Å². The third kappa shape index (κ3) is 11.4. The van der Waals surface area contributed by atoms with Crippen molar-refractivity contribution in [2.45, 2.75) is 12.8 Å². The summed E-state index contributed by atoms with van der Waals surface area (Å²) in [6.45, 7) is 2.00. The topological polar surface area (TPSA) is 46.5 Å². The number of thiol groups is 1. The molecule has 54 valence electrons. The number of rotatable bonds is 0. The van der Waals surface area contributed by atoms with Gasteiger partial charge in [0.25, 0.3) is 0 Å². The van der Waals surface area contributed by atoms with E-state index in [9.17, 15) is 0 Å². The molecule has 1 fully saturated rings. The van der Waals surface area contributed by atoms with E-state index in [2.05, 4.69) is 12.6 Å². The van der Waals surface area contributed by atoms with Gasteiger partial charge in [0, 0.05) is 13.2 Å². The zero-order valence-electron chi connectivity index (χ0n) is 5.04. The van der Waals surface area contributed by atoms with Crippen LogP contribution in [0.2, 0.25) is 0 Å². The third-order valence-electron chi connectivity index (χ3n) is 0.827. The van der Waals surface area contributed by atoms with Crippen LogP contribution in [-0.4, -0.2) is 23.6 Å². The lowest BCUT2D eigenvalue weighted by molar-refractivity contribution is 0.198. The van der Waals surface area contributed by atoms with Gasteiger partial charge in [-0.05, 0) is 12.8 Å². The summed E-state index contributed by atoms with van der Waals surface area (Å²) in [6, 6.07) is 0. The second-order valence-electron chi connectivity index (χ2n) is 1.60. The van der Waals surface area contributed by atoms with E-state index >= 15 is 0 Å². The summed E-state index contributed by atoms with van der Waals surface area (Å²) in [5.41, 5.74) is 0. The van der Waals surface area contributed by atoms with Gasteiger partial charge in [-0.15, -0.1) is 0 Å². The molecule has 0 aromatic heterocycles. The molecule has 1 aliphatic rings. The molecule has 0 aromatic carbocycles. The Hall–Kier alpha value is -0.220. The number of carbonyl (C=O) groups is 1. The maximum Gasteiger partial charge on any atom is 0.361 e. The summed E-state index contributed by atoms with van der Waals surface area (Å²) in [7, 11) is 0. The number of hydrogen-bond acceptors (Lipinski definition) is 2. The van der Waals surface area contributed by atoms with Crippen molar-refractivity contribution < 1.29 is 14.6 Å². The van der Waals surface area contributed by atoms with Crippen molar-refractivity contribution in [2.75, 3.05) is 13.2 Å². The van der Waals surface area contributed by atoms with E-state index in [1.165, 1.54) is 12.8 Å². The first-order chi connectivity index (χ1) is 4.23. The second kappa shape index (κ2) is 5.91. The monoisotopic (exact) mass is 150 g/mol. The molecule has 0 atom stereocenters. The van der Waals surface area contributed by atoms with E-state index in [-0.39, 0.29) is 0 Å². The van der Waals surface area contributed by atoms with Crippen LogP contribution in [0.5, 0.6) is 0 Å². The summed E-state index contributed by atoms with van der Waals surface area (Å²) < 4.78 is 4.94. The first-order valence-electron chi connectivity index (χ1n) is 2.73. The average molecular weight is 150 g/mol. The van der Waals surface area contributed by atoms with Crippen LogP contribution in [0.4, 0.5) is 4.79 Å². The highest BCUT2D eigenvalue weighted by atomic mass is 32.1. The maximum atomic E-state index is 8.86.